The van der Waals surface area contributed by atoms with Crippen LogP contribution in [0.3, 0.4) is 0 Å². The zero-order chi connectivity index (χ0) is 14.2. The summed E-state index contributed by atoms with van der Waals surface area (Å²) in [5.41, 5.74) is 0.764. The third-order valence-electron chi connectivity index (χ3n) is 3.46. The van der Waals surface area contributed by atoms with E-state index in [4.69, 9.17) is 0 Å². The molecule has 2 amide bonds. The second-order valence-electron chi connectivity index (χ2n) is 5.38. The fourth-order valence-corrected chi connectivity index (χ4v) is 2.36. The number of carbonyl (C=O) groups is 2. The van der Waals surface area contributed by atoms with Crippen molar-refractivity contribution < 1.29 is 9.59 Å². The molecule has 0 radical (unpaired) electrons. The number of aromatic nitrogens is 1. The van der Waals surface area contributed by atoms with Crippen molar-refractivity contribution in [2.24, 2.45) is 0 Å². The molecule has 1 aliphatic heterocycles. The average Bonchev–Trinajstić information content (AvgIpc) is 2.34. The van der Waals surface area contributed by atoms with Gasteiger partial charge in [0.2, 0.25) is 5.91 Å². The lowest BCUT2D eigenvalue weighted by Gasteiger charge is -2.42. The zero-order valence-electron chi connectivity index (χ0n) is 11.7. The van der Waals surface area contributed by atoms with Crippen LogP contribution in [0.4, 0.5) is 5.69 Å². The van der Waals surface area contributed by atoms with Crippen LogP contribution in [0.25, 0.3) is 0 Å². The molecule has 1 fully saturated rings. The second-order valence-corrected chi connectivity index (χ2v) is 5.38. The predicted molar refractivity (Wildman–Crippen MR) is 72.8 cm³/mol. The van der Waals surface area contributed by atoms with Gasteiger partial charge >= 0.3 is 0 Å². The van der Waals surface area contributed by atoms with Crippen LogP contribution in [0.2, 0.25) is 0 Å². The maximum Gasteiger partial charge on any atom is 0.252 e. The van der Waals surface area contributed by atoms with E-state index in [9.17, 15) is 9.59 Å². The van der Waals surface area contributed by atoms with Gasteiger partial charge in [-0.15, -0.1) is 0 Å². The van der Waals surface area contributed by atoms with Crippen molar-refractivity contribution in [1.82, 2.24) is 10.3 Å². The number of hydrogen-bond donors (Lipinski definition) is 1. The number of aryl methyl sites for hydroxylation is 1. The topological polar surface area (TPSA) is 62.3 Å². The molecule has 1 saturated heterocycles. The van der Waals surface area contributed by atoms with Crippen molar-refractivity contribution in [1.29, 1.82) is 0 Å². The number of anilines is 1. The fraction of sp³-hybridized carbons (Fsp3) is 0.500. The monoisotopic (exact) mass is 261 g/mol. The fourth-order valence-electron chi connectivity index (χ4n) is 2.36. The van der Waals surface area contributed by atoms with Crippen LogP contribution in [-0.2, 0) is 9.59 Å². The number of nitrogens with zero attached hydrogens (tertiary/aromatic N) is 2. The molecule has 1 atom stereocenters. The largest absolute Gasteiger partial charge is 0.340 e. The molecule has 1 unspecified atom stereocenters. The third-order valence-corrected chi connectivity index (χ3v) is 3.46. The molecule has 1 aromatic heterocycles. The Kier molecular flexibility index (Phi) is 3.30. The molecule has 0 saturated carbocycles. The quantitative estimate of drug-likeness (QED) is 0.875. The zero-order valence-corrected chi connectivity index (χ0v) is 11.7. The standard InChI is InChI=1S/C14H19N3O2/c1-5-10-12(18)16-14(3,4)13(19)17(10)11-8-15-7-6-9(11)2/h6-8,10H,5H2,1-4H3,(H,16,18). The molecule has 0 aromatic carbocycles. The Morgan fingerprint density at radius 2 is 2.11 bits per heavy atom. The molecule has 1 aliphatic rings. The summed E-state index contributed by atoms with van der Waals surface area (Å²) < 4.78 is 0. The van der Waals surface area contributed by atoms with Gasteiger partial charge in [-0.2, -0.15) is 0 Å². The number of piperazine rings is 1. The third kappa shape index (κ3) is 2.20. The van der Waals surface area contributed by atoms with Crippen LogP contribution < -0.4 is 10.2 Å². The lowest BCUT2D eigenvalue weighted by molar-refractivity contribution is -0.137. The number of pyridine rings is 1. The number of carbonyl (C=O) groups excluding carboxylic acids is 2. The molecule has 0 spiro atoms. The van der Waals surface area contributed by atoms with Gasteiger partial charge in [0.05, 0.1) is 11.9 Å². The molecular formula is C14H19N3O2. The Balaban J connectivity index is 2.53. The maximum atomic E-state index is 12.6. The highest BCUT2D eigenvalue weighted by atomic mass is 16.2. The lowest BCUT2D eigenvalue weighted by atomic mass is 9.94. The first-order valence-corrected chi connectivity index (χ1v) is 6.44. The highest BCUT2D eigenvalue weighted by Gasteiger charge is 2.45. The Morgan fingerprint density at radius 3 is 2.68 bits per heavy atom. The van der Waals surface area contributed by atoms with Crippen LogP contribution in [0, 0.1) is 6.92 Å². The summed E-state index contributed by atoms with van der Waals surface area (Å²) in [6, 6.07) is 1.37. The van der Waals surface area contributed by atoms with Gasteiger partial charge < -0.3 is 5.32 Å². The van der Waals surface area contributed by atoms with Crippen molar-refractivity contribution in [3.8, 4) is 0 Å². The smallest absolute Gasteiger partial charge is 0.252 e. The minimum atomic E-state index is -0.884. The van der Waals surface area contributed by atoms with Crippen molar-refractivity contribution in [3.63, 3.8) is 0 Å². The summed E-state index contributed by atoms with van der Waals surface area (Å²) in [7, 11) is 0. The highest BCUT2D eigenvalue weighted by molar-refractivity contribution is 6.10. The van der Waals surface area contributed by atoms with Crippen LogP contribution >= 0.6 is 0 Å². The Morgan fingerprint density at radius 1 is 1.42 bits per heavy atom. The van der Waals surface area contributed by atoms with Crippen molar-refractivity contribution in [3.05, 3.63) is 24.0 Å². The minimum Gasteiger partial charge on any atom is -0.340 e. The SMILES string of the molecule is CCC1C(=O)NC(C)(C)C(=O)N1c1cnccc1C. The molecule has 5 heteroatoms. The van der Waals surface area contributed by atoms with Crippen LogP contribution in [0.5, 0.6) is 0 Å². The molecule has 2 rings (SSSR count). The number of amides is 2. The van der Waals surface area contributed by atoms with E-state index in [2.05, 4.69) is 10.3 Å². The van der Waals surface area contributed by atoms with E-state index < -0.39 is 11.6 Å². The predicted octanol–water partition coefficient (Wildman–Crippen LogP) is 1.41. The van der Waals surface area contributed by atoms with Gasteiger partial charge in [0.1, 0.15) is 11.6 Å². The van der Waals surface area contributed by atoms with E-state index in [1.807, 2.05) is 19.9 Å². The van der Waals surface area contributed by atoms with Gasteiger partial charge in [0, 0.05) is 6.20 Å². The first-order chi connectivity index (χ1) is 8.88. The van der Waals surface area contributed by atoms with Gasteiger partial charge in [-0.05, 0) is 38.8 Å². The summed E-state index contributed by atoms with van der Waals surface area (Å²) in [6.07, 6.45) is 3.89. The normalized spacial score (nSPS) is 22.3. The summed E-state index contributed by atoms with van der Waals surface area (Å²) in [5.74, 6) is -0.217. The molecular weight excluding hydrogens is 242 g/mol. The Bertz CT molecular complexity index is 525. The van der Waals surface area contributed by atoms with Gasteiger partial charge in [-0.1, -0.05) is 6.92 Å². The first kappa shape index (κ1) is 13.5. The van der Waals surface area contributed by atoms with Crippen LogP contribution in [0.1, 0.15) is 32.8 Å². The molecule has 5 nitrogen and oxygen atoms in total. The van der Waals surface area contributed by atoms with E-state index >= 15 is 0 Å². The summed E-state index contributed by atoms with van der Waals surface area (Å²) in [4.78, 5) is 30.4. The van der Waals surface area contributed by atoms with E-state index in [0.29, 0.717) is 12.1 Å². The highest BCUT2D eigenvalue weighted by Crippen LogP contribution is 2.28. The van der Waals surface area contributed by atoms with Crippen LogP contribution in [-0.4, -0.2) is 28.4 Å². The van der Waals surface area contributed by atoms with E-state index in [1.54, 1.807) is 31.1 Å². The van der Waals surface area contributed by atoms with E-state index in [-0.39, 0.29) is 11.8 Å². The van der Waals surface area contributed by atoms with Gasteiger partial charge in [0.15, 0.2) is 0 Å². The molecule has 102 valence electrons. The maximum absolute atomic E-state index is 12.6. The van der Waals surface area contributed by atoms with Gasteiger partial charge in [0.25, 0.3) is 5.91 Å². The summed E-state index contributed by atoms with van der Waals surface area (Å²) in [5, 5.41) is 2.78. The molecule has 0 aliphatic carbocycles. The summed E-state index contributed by atoms with van der Waals surface area (Å²) in [6.45, 7) is 7.25. The average molecular weight is 261 g/mol. The van der Waals surface area contributed by atoms with Gasteiger partial charge in [-0.25, -0.2) is 0 Å². The molecule has 19 heavy (non-hydrogen) atoms. The minimum absolute atomic E-state index is 0.102. The first-order valence-electron chi connectivity index (χ1n) is 6.44. The molecule has 1 aromatic rings. The lowest BCUT2D eigenvalue weighted by Crippen LogP contribution is -2.68. The number of nitrogens with one attached hydrogen (secondary N) is 1. The van der Waals surface area contributed by atoms with Crippen molar-refractivity contribution >= 4 is 17.5 Å². The Hall–Kier alpha value is -1.91. The van der Waals surface area contributed by atoms with Crippen LogP contribution in [0.15, 0.2) is 18.5 Å². The Labute approximate surface area is 113 Å². The molecule has 2 heterocycles. The van der Waals surface area contributed by atoms with Crippen molar-refractivity contribution in [2.45, 2.75) is 45.7 Å². The molecule has 1 N–H and O–H groups in total. The van der Waals surface area contributed by atoms with E-state index in [1.165, 1.54) is 0 Å². The number of rotatable bonds is 2. The van der Waals surface area contributed by atoms with Crippen molar-refractivity contribution in [2.75, 3.05) is 4.90 Å². The van der Waals surface area contributed by atoms with Gasteiger partial charge in [-0.3, -0.25) is 19.5 Å². The van der Waals surface area contributed by atoms with E-state index in [0.717, 1.165) is 5.56 Å². The number of hydrogen-bond acceptors (Lipinski definition) is 3. The summed E-state index contributed by atoms with van der Waals surface area (Å²) >= 11 is 0. The second kappa shape index (κ2) is 4.64. The molecule has 0 bridgehead atoms.